The van der Waals surface area contributed by atoms with Crippen LogP contribution in [0.5, 0.6) is 11.5 Å². The van der Waals surface area contributed by atoms with Gasteiger partial charge in [0.1, 0.15) is 0 Å². The number of hydrogen-bond donors (Lipinski definition) is 1. The van der Waals surface area contributed by atoms with Gasteiger partial charge in [0, 0.05) is 32.7 Å². The normalized spacial score (nSPS) is 14.5. The molecule has 0 aliphatic carbocycles. The molecule has 1 aliphatic rings. The van der Waals surface area contributed by atoms with E-state index in [-0.39, 0.29) is 5.91 Å². The van der Waals surface area contributed by atoms with E-state index in [9.17, 15) is 4.79 Å². The summed E-state index contributed by atoms with van der Waals surface area (Å²) in [6.07, 6.45) is 2.47. The Labute approximate surface area is 183 Å². The van der Waals surface area contributed by atoms with Crippen LogP contribution in [0.1, 0.15) is 36.4 Å². The van der Waals surface area contributed by atoms with Crippen molar-refractivity contribution < 1.29 is 18.7 Å². The molecule has 1 aliphatic heterocycles. The Kier molecular flexibility index (Phi) is 8.20. The van der Waals surface area contributed by atoms with Crippen molar-refractivity contribution in [2.24, 2.45) is 4.99 Å². The third-order valence-electron chi connectivity index (χ3n) is 5.03. The highest BCUT2D eigenvalue weighted by atomic mass is 16.5. The summed E-state index contributed by atoms with van der Waals surface area (Å²) in [5.74, 6) is 2.63. The van der Waals surface area contributed by atoms with Crippen molar-refractivity contribution in [1.82, 2.24) is 15.1 Å². The van der Waals surface area contributed by atoms with Crippen molar-refractivity contribution in [3.63, 3.8) is 0 Å². The molecule has 31 heavy (non-hydrogen) atoms. The van der Waals surface area contributed by atoms with Crippen LogP contribution in [0.15, 0.2) is 46.0 Å². The minimum atomic E-state index is -0.0657. The van der Waals surface area contributed by atoms with Crippen LogP contribution >= 0.6 is 0 Å². The number of nitrogens with zero attached hydrogens (tertiary/aromatic N) is 3. The van der Waals surface area contributed by atoms with Gasteiger partial charge in [-0.15, -0.1) is 0 Å². The maximum Gasteiger partial charge on any atom is 0.289 e. The number of guanidine groups is 1. The standard InChI is InChI=1S/C23H32N4O4/c1-4-14-30-19-9-8-18(16-21(19)29-3)17-25-23(24-5-2)27-12-10-26(11-13-27)22(28)20-7-6-15-31-20/h6-9,15-16H,4-5,10-14,17H2,1-3H3,(H,24,25). The molecule has 8 heteroatoms. The van der Waals surface area contributed by atoms with Gasteiger partial charge in [-0.1, -0.05) is 13.0 Å². The first kappa shape index (κ1) is 22.5. The fourth-order valence-corrected chi connectivity index (χ4v) is 3.41. The van der Waals surface area contributed by atoms with Crippen LogP contribution in [0.2, 0.25) is 0 Å². The molecule has 0 radical (unpaired) electrons. The fourth-order valence-electron chi connectivity index (χ4n) is 3.41. The van der Waals surface area contributed by atoms with Gasteiger partial charge in [0.25, 0.3) is 5.91 Å². The first-order valence-electron chi connectivity index (χ1n) is 10.8. The van der Waals surface area contributed by atoms with Crippen LogP contribution in [0.25, 0.3) is 0 Å². The molecule has 168 valence electrons. The van der Waals surface area contributed by atoms with Gasteiger partial charge in [0.2, 0.25) is 0 Å². The summed E-state index contributed by atoms with van der Waals surface area (Å²) in [5, 5.41) is 3.36. The highest BCUT2D eigenvalue weighted by Gasteiger charge is 2.25. The molecule has 0 bridgehead atoms. The predicted molar refractivity (Wildman–Crippen MR) is 120 cm³/mol. The number of rotatable bonds is 8. The van der Waals surface area contributed by atoms with Crippen LogP contribution in [-0.4, -0.2) is 68.1 Å². The van der Waals surface area contributed by atoms with Gasteiger partial charge >= 0.3 is 0 Å². The zero-order valence-corrected chi connectivity index (χ0v) is 18.6. The van der Waals surface area contributed by atoms with Crippen LogP contribution < -0.4 is 14.8 Å². The van der Waals surface area contributed by atoms with E-state index in [0.29, 0.717) is 45.1 Å². The summed E-state index contributed by atoms with van der Waals surface area (Å²) in [5.41, 5.74) is 1.04. The molecule has 1 amide bonds. The van der Waals surface area contributed by atoms with Gasteiger partial charge in [-0.25, -0.2) is 4.99 Å². The van der Waals surface area contributed by atoms with E-state index >= 15 is 0 Å². The second kappa shape index (κ2) is 11.3. The number of aliphatic imine (C=N–C) groups is 1. The summed E-state index contributed by atoms with van der Waals surface area (Å²) in [4.78, 5) is 21.3. The monoisotopic (exact) mass is 428 g/mol. The van der Waals surface area contributed by atoms with Crippen LogP contribution in [0, 0.1) is 0 Å². The number of ether oxygens (including phenoxy) is 2. The van der Waals surface area contributed by atoms with Crippen molar-refractivity contribution in [3.8, 4) is 11.5 Å². The van der Waals surface area contributed by atoms with Gasteiger partial charge < -0.3 is 29.0 Å². The first-order valence-corrected chi connectivity index (χ1v) is 10.8. The summed E-state index contributed by atoms with van der Waals surface area (Å²) in [7, 11) is 1.65. The number of hydrogen-bond acceptors (Lipinski definition) is 5. The molecule has 2 heterocycles. The summed E-state index contributed by atoms with van der Waals surface area (Å²) in [6.45, 7) is 8.77. The third kappa shape index (κ3) is 5.93. The van der Waals surface area contributed by atoms with E-state index in [4.69, 9.17) is 18.9 Å². The van der Waals surface area contributed by atoms with Gasteiger partial charge in [-0.2, -0.15) is 0 Å². The minimum Gasteiger partial charge on any atom is -0.493 e. The number of furan rings is 1. The first-order chi connectivity index (χ1) is 15.2. The maximum absolute atomic E-state index is 12.5. The van der Waals surface area contributed by atoms with Crippen LogP contribution in [0.3, 0.4) is 0 Å². The molecule has 0 spiro atoms. The lowest BCUT2D eigenvalue weighted by Crippen LogP contribution is -2.53. The van der Waals surface area contributed by atoms with Crippen molar-refractivity contribution in [2.75, 3.05) is 46.4 Å². The lowest BCUT2D eigenvalue weighted by atomic mass is 10.2. The fraction of sp³-hybridized carbons (Fsp3) is 0.478. The maximum atomic E-state index is 12.5. The molecular formula is C23H32N4O4. The summed E-state index contributed by atoms with van der Waals surface area (Å²) < 4.78 is 16.4. The number of methoxy groups -OCH3 is 1. The van der Waals surface area contributed by atoms with E-state index in [1.54, 1.807) is 19.2 Å². The van der Waals surface area contributed by atoms with E-state index in [1.807, 2.05) is 23.1 Å². The van der Waals surface area contributed by atoms with E-state index in [1.165, 1.54) is 6.26 Å². The van der Waals surface area contributed by atoms with Gasteiger partial charge in [0.15, 0.2) is 23.2 Å². The van der Waals surface area contributed by atoms with Crippen molar-refractivity contribution in [2.45, 2.75) is 26.8 Å². The van der Waals surface area contributed by atoms with Gasteiger partial charge in [-0.05, 0) is 43.2 Å². The SMILES string of the molecule is CCCOc1ccc(CN=C(NCC)N2CCN(C(=O)c3ccco3)CC2)cc1OC. The molecule has 0 atom stereocenters. The Morgan fingerprint density at radius 3 is 2.55 bits per heavy atom. The highest BCUT2D eigenvalue weighted by Crippen LogP contribution is 2.28. The van der Waals surface area contributed by atoms with Crippen molar-refractivity contribution >= 4 is 11.9 Å². The smallest absolute Gasteiger partial charge is 0.289 e. The average Bonchev–Trinajstić information content (AvgIpc) is 3.35. The number of carbonyl (C=O) groups excluding carboxylic acids is 1. The molecule has 0 unspecified atom stereocenters. The lowest BCUT2D eigenvalue weighted by molar-refractivity contribution is 0.0657. The van der Waals surface area contributed by atoms with Gasteiger partial charge in [-0.3, -0.25) is 4.79 Å². The number of carbonyl (C=O) groups is 1. The zero-order chi connectivity index (χ0) is 22.1. The second-order valence-electron chi connectivity index (χ2n) is 7.26. The van der Waals surface area contributed by atoms with E-state index in [0.717, 1.165) is 36.0 Å². The summed E-state index contributed by atoms with van der Waals surface area (Å²) >= 11 is 0. The molecule has 2 aromatic rings. The number of piperazine rings is 1. The number of amides is 1. The number of nitrogens with one attached hydrogen (secondary N) is 1. The molecule has 1 saturated heterocycles. The second-order valence-corrected chi connectivity index (χ2v) is 7.26. The zero-order valence-electron chi connectivity index (χ0n) is 18.6. The predicted octanol–water partition coefficient (Wildman–Crippen LogP) is 3.00. The third-order valence-corrected chi connectivity index (χ3v) is 5.03. The van der Waals surface area contributed by atoms with Crippen molar-refractivity contribution in [3.05, 3.63) is 47.9 Å². The van der Waals surface area contributed by atoms with Crippen LogP contribution in [-0.2, 0) is 6.54 Å². The van der Waals surface area contributed by atoms with Gasteiger partial charge in [0.05, 0.1) is 26.5 Å². The Morgan fingerprint density at radius 1 is 1.13 bits per heavy atom. The van der Waals surface area contributed by atoms with E-state index < -0.39 is 0 Å². The molecule has 3 rings (SSSR count). The molecule has 0 saturated carbocycles. The van der Waals surface area contributed by atoms with Crippen molar-refractivity contribution in [1.29, 1.82) is 0 Å². The average molecular weight is 429 g/mol. The Balaban J connectivity index is 1.62. The molecule has 1 aromatic heterocycles. The molecule has 1 N–H and O–H groups in total. The highest BCUT2D eigenvalue weighted by molar-refractivity contribution is 5.91. The topological polar surface area (TPSA) is 79.5 Å². The minimum absolute atomic E-state index is 0.0657. The largest absolute Gasteiger partial charge is 0.493 e. The Morgan fingerprint density at radius 2 is 1.90 bits per heavy atom. The Bertz CT molecular complexity index is 858. The lowest BCUT2D eigenvalue weighted by Gasteiger charge is -2.36. The number of benzene rings is 1. The van der Waals surface area contributed by atoms with E-state index in [2.05, 4.69) is 24.1 Å². The molecule has 1 aromatic carbocycles. The molecule has 8 nitrogen and oxygen atoms in total. The Hall–Kier alpha value is -3.16. The van der Waals surface area contributed by atoms with Crippen LogP contribution in [0.4, 0.5) is 0 Å². The molecular weight excluding hydrogens is 396 g/mol. The molecule has 1 fully saturated rings. The summed E-state index contributed by atoms with van der Waals surface area (Å²) in [6, 6.07) is 9.35. The quantitative estimate of drug-likeness (QED) is 0.514.